The quantitative estimate of drug-likeness (QED) is 0.238. The van der Waals surface area contributed by atoms with Crippen LogP contribution in [0.5, 0.6) is 0 Å². The number of rotatable bonds is 6. The first-order valence-electron chi connectivity index (χ1n) is 11.9. The van der Waals surface area contributed by atoms with Gasteiger partial charge in [-0.25, -0.2) is 0 Å². The van der Waals surface area contributed by atoms with Gasteiger partial charge in [0.05, 0.1) is 0 Å². The van der Waals surface area contributed by atoms with Gasteiger partial charge in [0.2, 0.25) is 0 Å². The number of thiophene rings is 2. The third kappa shape index (κ3) is 4.02. The summed E-state index contributed by atoms with van der Waals surface area (Å²) < 4.78 is 0. The van der Waals surface area contributed by atoms with Crippen molar-refractivity contribution in [2.75, 3.05) is 0 Å². The Labute approximate surface area is 208 Å². The Morgan fingerprint density at radius 1 is 0.706 bits per heavy atom. The molecule has 0 fully saturated rings. The predicted octanol–water partition coefficient (Wildman–Crippen LogP) is 9.58. The summed E-state index contributed by atoms with van der Waals surface area (Å²) in [7, 11) is 0. The predicted molar refractivity (Wildman–Crippen MR) is 149 cm³/mol. The van der Waals surface area contributed by atoms with Crippen LogP contribution in [-0.4, -0.2) is 9.97 Å². The van der Waals surface area contributed by atoms with Crippen LogP contribution >= 0.6 is 22.7 Å². The molecule has 0 amide bonds. The van der Waals surface area contributed by atoms with Crippen molar-refractivity contribution in [1.29, 1.82) is 0 Å². The van der Waals surface area contributed by atoms with Crippen LogP contribution in [0.4, 0.5) is 0 Å². The smallest absolute Gasteiger partial charge is 0.0462 e. The molecule has 0 aliphatic carbocycles. The maximum Gasteiger partial charge on any atom is 0.0462 e. The number of nitrogens with one attached hydrogen (secondary N) is 2. The Morgan fingerprint density at radius 3 is 2.15 bits per heavy atom. The molecule has 0 aliphatic rings. The molecule has 2 nitrogen and oxygen atoms in total. The molecule has 6 rings (SSSR count). The number of hydrogen-bond donors (Lipinski definition) is 2. The number of aromatic nitrogens is 2. The van der Waals surface area contributed by atoms with Gasteiger partial charge in [0.25, 0.3) is 0 Å². The normalized spacial score (nSPS) is 12.8. The van der Waals surface area contributed by atoms with E-state index in [0.29, 0.717) is 11.8 Å². The van der Waals surface area contributed by atoms with Crippen molar-refractivity contribution in [2.45, 2.75) is 39.0 Å². The third-order valence-corrected chi connectivity index (χ3v) is 8.49. The van der Waals surface area contributed by atoms with Crippen LogP contribution in [0.1, 0.15) is 49.6 Å². The fourth-order valence-corrected chi connectivity index (χ4v) is 6.32. The van der Waals surface area contributed by atoms with Gasteiger partial charge in [0.1, 0.15) is 0 Å². The second-order valence-corrected chi connectivity index (χ2v) is 11.3. The van der Waals surface area contributed by atoms with Gasteiger partial charge in [-0.3, -0.25) is 0 Å². The van der Waals surface area contributed by atoms with E-state index in [9.17, 15) is 0 Å². The zero-order chi connectivity index (χ0) is 23.2. The number of benzene rings is 2. The zero-order valence-electron chi connectivity index (χ0n) is 19.7. The number of H-pyrrole nitrogens is 2. The fraction of sp³-hybridized carbons (Fsp3) is 0.200. The zero-order valence-corrected chi connectivity index (χ0v) is 21.3. The third-order valence-electron chi connectivity index (χ3n) is 6.77. The van der Waals surface area contributed by atoms with Crippen molar-refractivity contribution in [3.63, 3.8) is 0 Å². The molecule has 170 valence electrons. The van der Waals surface area contributed by atoms with E-state index in [4.69, 9.17) is 0 Å². The fourth-order valence-electron chi connectivity index (χ4n) is 4.73. The molecule has 0 radical (unpaired) electrons. The summed E-state index contributed by atoms with van der Waals surface area (Å²) in [5.41, 5.74) is 10.3. The van der Waals surface area contributed by atoms with Crippen molar-refractivity contribution >= 4 is 44.5 Å². The van der Waals surface area contributed by atoms with Crippen LogP contribution in [0, 0.1) is 0 Å². The van der Waals surface area contributed by atoms with Crippen LogP contribution in [0.15, 0.2) is 76.8 Å². The molecule has 4 heterocycles. The average molecular weight is 481 g/mol. The van der Waals surface area contributed by atoms with Gasteiger partial charge < -0.3 is 9.97 Å². The molecule has 2 aromatic carbocycles. The second-order valence-electron chi connectivity index (χ2n) is 9.64. The summed E-state index contributed by atoms with van der Waals surface area (Å²) >= 11 is 3.59. The molecule has 1 atom stereocenters. The van der Waals surface area contributed by atoms with Crippen LogP contribution in [0.2, 0.25) is 0 Å². The Kier molecular flexibility index (Phi) is 5.43. The van der Waals surface area contributed by atoms with Crippen LogP contribution in [0.25, 0.3) is 43.4 Å². The summed E-state index contributed by atoms with van der Waals surface area (Å²) in [6, 6.07) is 22.7. The molecule has 0 saturated carbocycles. The first-order valence-corrected chi connectivity index (χ1v) is 13.7. The minimum Gasteiger partial charge on any atom is -0.358 e. The summed E-state index contributed by atoms with van der Waals surface area (Å²) in [5, 5.41) is 9.24. The molecule has 34 heavy (non-hydrogen) atoms. The summed E-state index contributed by atoms with van der Waals surface area (Å²) in [4.78, 5) is 8.62. The lowest BCUT2D eigenvalue weighted by molar-refractivity contribution is 0.741. The van der Waals surface area contributed by atoms with Crippen molar-refractivity contribution in [3.8, 4) is 21.6 Å². The van der Waals surface area contributed by atoms with E-state index in [-0.39, 0.29) is 0 Å². The van der Waals surface area contributed by atoms with Crippen LogP contribution in [-0.2, 0) is 6.42 Å². The number of aromatic amines is 2. The van der Waals surface area contributed by atoms with Crippen molar-refractivity contribution < 1.29 is 0 Å². The highest BCUT2D eigenvalue weighted by molar-refractivity contribution is 7.13. The molecular formula is C30H28N2S2. The van der Waals surface area contributed by atoms with Gasteiger partial charge in [-0.15, -0.1) is 11.3 Å². The second kappa shape index (κ2) is 8.61. The maximum atomic E-state index is 3.69. The lowest BCUT2D eigenvalue weighted by Gasteiger charge is -2.08. The van der Waals surface area contributed by atoms with Gasteiger partial charge in [-0.05, 0) is 97.9 Å². The van der Waals surface area contributed by atoms with E-state index in [2.05, 4.69) is 108 Å². The monoisotopic (exact) mass is 480 g/mol. The van der Waals surface area contributed by atoms with Gasteiger partial charge >= 0.3 is 0 Å². The van der Waals surface area contributed by atoms with Gasteiger partial charge in [0.15, 0.2) is 0 Å². The molecule has 0 bridgehead atoms. The summed E-state index contributed by atoms with van der Waals surface area (Å²) in [5.74, 6) is 0.941. The molecular weight excluding hydrogens is 452 g/mol. The van der Waals surface area contributed by atoms with E-state index in [0.717, 1.165) is 6.42 Å². The van der Waals surface area contributed by atoms with Crippen molar-refractivity contribution in [1.82, 2.24) is 9.97 Å². The molecule has 6 aromatic rings. The van der Waals surface area contributed by atoms with E-state index >= 15 is 0 Å². The van der Waals surface area contributed by atoms with Crippen molar-refractivity contribution in [2.24, 2.45) is 0 Å². The number of fused-ring (bicyclic) bond motifs is 2. The average Bonchev–Trinajstić information content (AvgIpc) is 3.63. The van der Waals surface area contributed by atoms with Gasteiger partial charge in [-0.2, -0.15) is 11.3 Å². The first-order chi connectivity index (χ1) is 16.5. The summed E-state index contributed by atoms with van der Waals surface area (Å²) in [6.45, 7) is 6.78. The Bertz CT molecular complexity index is 1580. The van der Waals surface area contributed by atoms with Gasteiger partial charge in [-0.1, -0.05) is 45.0 Å². The van der Waals surface area contributed by atoms with Crippen LogP contribution < -0.4 is 0 Å². The Balaban J connectivity index is 1.22. The number of hydrogen-bond acceptors (Lipinski definition) is 2. The maximum absolute atomic E-state index is 3.69. The largest absolute Gasteiger partial charge is 0.358 e. The van der Waals surface area contributed by atoms with E-state index in [1.54, 1.807) is 11.3 Å². The molecule has 4 heteroatoms. The molecule has 0 aliphatic heterocycles. The topological polar surface area (TPSA) is 31.6 Å². The molecule has 0 saturated heterocycles. The minimum absolute atomic E-state index is 0.430. The molecule has 2 N–H and O–H groups in total. The first kappa shape index (κ1) is 21.5. The lowest BCUT2D eigenvalue weighted by atomic mass is 9.99. The highest BCUT2D eigenvalue weighted by Crippen LogP contribution is 2.34. The van der Waals surface area contributed by atoms with Crippen molar-refractivity contribution in [3.05, 3.63) is 93.8 Å². The SMILES string of the molecule is CC(C)c1cc2ccc(-c3cc(CC(C)c4cc5ccc(-c6ccsc6)cc5[nH]4)cs3)cc2[nH]1. The lowest BCUT2D eigenvalue weighted by Crippen LogP contribution is -1.97. The highest BCUT2D eigenvalue weighted by atomic mass is 32.1. The molecule has 0 spiro atoms. The Morgan fingerprint density at radius 2 is 1.41 bits per heavy atom. The van der Waals surface area contributed by atoms with Gasteiger partial charge in [0, 0.05) is 33.2 Å². The van der Waals surface area contributed by atoms with E-state index in [1.807, 2.05) is 11.3 Å². The minimum atomic E-state index is 0.430. The molecule has 1 unspecified atom stereocenters. The highest BCUT2D eigenvalue weighted by Gasteiger charge is 2.13. The standard InChI is InChI=1S/C30H28N2S2/c1-18(2)26-13-22-6-7-24(15-29(22)31-26)30-11-20(16-34-30)10-19(3)27-14-23-5-4-21(12-28(23)32-27)25-8-9-33-17-25/h4-9,11-19,31-32H,10H2,1-3H3. The Hall–Kier alpha value is -3.08. The van der Waals surface area contributed by atoms with Crippen LogP contribution in [0.3, 0.4) is 0 Å². The summed E-state index contributed by atoms with van der Waals surface area (Å²) in [6.07, 6.45) is 1.03. The van der Waals surface area contributed by atoms with E-state index < -0.39 is 0 Å². The van der Waals surface area contributed by atoms with E-state index in [1.165, 1.54) is 60.3 Å². The molecule has 4 aromatic heterocycles.